The van der Waals surface area contributed by atoms with Crippen LogP contribution in [0.3, 0.4) is 0 Å². The summed E-state index contributed by atoms with van der Waals surface area (Å²) in [4.78, 5) is 13.2. The van der Waals surface area contributed by atoms with Crippen LogP contribution in [0.15, 0.2) is 18.3 Å². The maximum atomic E-state index is 13.2. The van der Waals surface area contributed by atoms with Gasteiger partial charge in [0, 0.05) is 28.8 Å². The fourth-order valence-corrected chi connectivity index (χ4v) is 5.75. The molecule has 1 heterocycles. The van der Waals surface area contributed by atoms with Crippen LogP contribution in [-0.4, -0.2) is 20.8 Å². The summed E-state index contributed by atoms with van der Waals surface area (Å²) in [6.07, 6.45) is 17.6. The summed E-state index contributed by atoms with van der Waals surface area (Å²) in [5, 5.41) is 20.0. The van der Waals surface area contributed by atoms with E-state index in [1.165, 1.54) is 64.2 Å². The monoisotopic (exact) mass is 483 g/mol. The standard InChI is InChI=1S/C27H41N3O2.C3H8/c1-4-5-10-19-11-9-12-20(15-19)26(31)28-25-16-21-18-30(22-13-7-6-8-14-22)29-24(21)17-23(25)27(2,3)32;1-3-2/h16-20,22,32H,4-15H2,1-3H3,(H,28,31);3H2,1-2H3. The Balaban J connectivity index is 0.00000108. The van der Waals surface area contributed by atoms with Crippen molar-refractivity contribution in [3.63, 3.8) is 0 Å². The molecule has 0 aliphatic heterocycles. The van der Waals surface area contributed by atoms with Crippen LogP contribution >= 0.6 is 0 Å². The molecular formula is C30H49N3O2. The van der Waals surface area contributed by atoms with Crippen molar-refractivity contribution >= 4 is 22.5 Å². The van der Waals surface area contributed by atoms with Gasteiger partial charge in [-0.3, -0.25) is 9.48 Å². The third kappa shape index (κ3) is 7.55. The van der Waals surface area contributed by atoms with Gasteiger partial charge in [0.2, 0.25) is 5.91 Å². The third-order valence-corrected chi connectivity index (χ3v) is 7.65. The van der Waals surface area contributed by atoms with Crippen LogP contribution in [-0.2, 0) is 10.4 Å². The summed E-state index contributed by atoms with van der Waals surface area (Å²) in [5.41, 5.74) is 1.31. The topological polar surface area (TPSA) is 67.2 Å². The molecule has 1 aromatic carbocycles. The first-order valence-corrected chi connectivity index (χ1v) is 14.3. The second-order valence-corrected chi connectivity index (χ2v) is 11.5. The molecule has 35 heavy (non-hydrogen) atoms. The molecule has 0 bridgehead atoms. The van der Waals surface area contributed by atoms with Crippen LogP contribution in [0.25, 0.3) is 10.9 Å². The normalized spacial score (nSPS) is 21.4. The summed E-state index contributed by atoms with van der Waals surface area (Å²) in [6.45, 7) is 10.0. The Morgan fingerprint density at radius 1 is 1.09 bits per heavy atom. The van der Waals surface area contributed by atoms with Crippen molar-refractivity contribution in [2.45, 2.75) is 130 Å². The number of unbranched alkanes of at least 4 members (excludes halogenated alkanes) is 1. The van der Waals surface area contributed by atoms with E-state index in [2.05, 4.69) is 37.0 Å². The largest absolute Gasteiger partial charge is 0.386 e. The predicted molar refractivity (Wildman–Crippen MR) is 147 cm³/mol. The third-order valence-electron chi connectivity index (χ3n) is 7.65. The van der Waals surface area contributed by atoms with Gasteiger partial charge in [0.1, 0.15) is 0 Å². The lowest BCUT2D eigenvalue weighted by Gasteiger charge is -2.29. The predicted octanol–water partition coefficient (Wildman–Crippen LogP) is 8.12. The molecule has 2 atom stereocenters. The van der Waals surface area contributed by atoms with E-state index in [0.29, 0.717) is 12.0 Å². The number of fused-ring (bicyclic) bond motifs is 1. The highest BCUT2D eigenvalue weighted by Gasteiger charge is 2.29. The molecule has 5 nitrogen and oxygen atoms in total. The number of nitrogens with one attached hydrogen (secondary N) is 1. The zero-order valence-electron chi connectivity index (χ0n) is 22.9. The first-order chi connectivity index (χ1) is 16.8. The van der Waals surface area contributed by atoms with Crippen LogP contribution in [0.4, 0.5) is 5.69 Å². The molecule has 196 valence electrons. The van der Waals surface area contributed by atoms with E-state index in [-0.39, 0.29) is 11.8 Å². The summed E-state index contributed by atoms with van der Waals surface area (Å²) < 4.78 is 2.11. The summed E-state index contributed by atoms with van der Waals surface area (Å²) in [6, 6.07) is 4.45. The molecule has 2 aromatic rings. The van der Waals surface area contributed by atoms with Gasteiger partial charge < -0.3 is 10.4 Å². The molecule has 2 unspecified atom stereocenters. The first kappa shape index (κ1) is 27.7. The van der Waals surface area contributed by atoms with Crippen LogP contribution in [0.2, 0.25) is 0 Å². The number of nitrogens with zero attached hydrogens (tertiary/aromatic N) is 2. The van der Waals surface area contributed by atoms with Gasteiger partial charge in [0.25, 0.3) is 0 Å². The Morgan fingerprint density at radius 3 is 2.46 bits per heavy atom. The van der Waals surface area contributed by atoms with Crippen molar-refractivity contribution in [3.05, 3.63) is 23.9 Å². The minimum absolute atomic E-state index is 0.0703. The lowest BCUT2D eigenvalue weighted by Crippen LogP contribution is -2.29. The van der Waals surface area contributed by atoms with Gasteiger partial charge in [0.15, 0.2) is 0 Å². The number of hydrogen-bond acceptors (Lipinski definition) is 3. The molecule has 0 saturated heterocycles. The fraction of sp³-hybridized carbons (Fsp3) is 0.733. The number of rotatable bonds is 7. The maximum Gasteiger partial charge on any atom is 0.227 e. The number of amides is 1. The van der Waals surface area contributed by atoms with Crippen LogP contribution in [0, 0.1) is 11.8 Å². The second-order valence-electron chi connectivity index (χ2n) is 11.5. The Bertz CT molecular complexity index is 937. The smallest absolute Gasteiger partial charge is 0.227 e. The summed E-state index contributed by atoms with van der Waals surface area (Å²) in [7, 11) is 0. The number of carbonyl (C=O) groups excluding carboxylic acids is 1. The molecule has 1 amide bonds. The van der Waals surface area contributed by atoms with Gasteiger partial charge in [-0.05, 0) is 57.6 Å². The van der Waals surface area contributed by atoms with E-state index in [9.17, 15) is 9.90 Å². The Morgan fingerprint density at radius 2 is 1.80 bits per heavy atom. The van der Waals surface area contributed by atoms with E-state index >= 15 is 0 Å². The molecule has 0 radical (unpaired) electrons. The van der Waals surface area contributed by atoms with Crippen molar-refractivity contribution in [3.8, 4) is 0 Å². The zero-order chi connectivity index (χ0) is 25.4. The molecule has 5 heteroatoms. The quantitative estimate of drug-likeness (QED) is 0.418. The summed E-state index contributed by atoms with van der Waals surface area (Å²) in [5.74, 6) is 0.848. The highest BCUT2D eigenvalue weighted by molar-refractivity contribution is 5.96. The van der Waals surface area contributed by atoms with Crippen molar-refractivity contribution in [2.24, 2.45) is 11.8 Å². The molecule has 4 rings (SSSR count). The maximum absolute atomic E-state index is 13.2. The van der Waals surface area contributed by atoms with E-state index in [1.54, 1.807) is 13.8 Å². The minimum Gasteiger partial charge on any atom is -0.386 e. The van der Waals surface area contributed by atoms with E-state index < -0.39 is 5.60 Å². The average Bonchev–Trinajstić information content (AvgIpc) is 3.26. The van der Waals surface area contributed by atoms with Gasteiger partial charge in [-0.15, -0.1) is 0 Å². The number of aliphatic hydroxyl groups is 1. The van der Waals surface area contributed by atoms with Gasteiger partial charge in [-0.1, -0.05) is 78.6 Å². The van der Waals surface area contributed by atoms with Gasteiger partial charge in [-0.2, -0.15) is 5.10 Å². The van der Waals surface area contributed by atoms with Crippen LogP contribution in [0.1, 0.15) is 130 Å². The number of anilines is 1. The average molecular weight is 484 g/mol. The highest BCUT2D eigenvalue weighted by atomic mass is 16.3. The van der Waals surface area contributed by atoms with Crippen LogP contribution < -0.4 is 5.32 Å². The molecular weight excluding hydrogens is 434 g/mol. The van der Waals surface area contributed by atoms with Crippen molar-refractivity contribution in [1.29, 1.82) is 0 Å². The van der Waals surface area contributed by atoms with Gasteiger partial charge >= 0.3 is 0 Å². The van der Waals surface area contributed by atoms with Gasteiger partial charge in [-0.25, -0.2) is 0 Å². The fourth-order valence-electron chi connectivity index (χ4n) is 5.75. The van der Waals surface area contributed by atoms with Crippen LogP contribution in [0.5, 0.6) is 0 Å². The highest BCUT2D eigenvalue weighted by Crippen LogP contribution is 2.36. The molecule has 2 aliphatic rings. The van der Waals surface area contributed by atoms with Gasteiger partial charge in [0.05, 0.1) is 17.2 Å². The molecule has 1 aromatic heterocycles. The lowest BCUT2D eigenvalue weighted by molar-refractivity contribution is -0.121. The Kier molecular flexibility index (Phi) is 10.2. The molecule has 2 aliphatic carbocycles. The van der Waals surface area contributed by atoms with Crippen molar-refractivity contribution < 1.29 is 9.90 Å². The molecule has 2 fully saturated rings. The zero-order valence-corrected chi connectivity index (χ0v) is 22.9. The van der Waals surface area contributed by atoms with E-state index in [1.807, 2.05) is 12.1 Å². The first-order valence-electron chi connectivity index (χ1n) is 14.3. The molecule has 2 N–H and O–H groups in total. The number of hydrogen-bond donors (Lipinski definition) is 2. The van der Waals surface area contributed by atoms with Crippen molar-refractivity contribution in [2.75, 3.05) is 5.32 Å². The summed E-state index contributed by atoms with van der Waals surface area (Å²) >= 11 is 0. The van der Waals surface area contributed by atoms with E-state index in [4.69, 9.17) is 5.10 Å². The van der Waals surface area contributed by atoms with Crippen molar-refractivity contribution in [1.82, 2.24) is 9.78 Å². The number of aromatic nitrogens is 2. The minimum atomic E-state index is -1.05. The lowest BCUT2D eigenvalue weighted by atomic mass is 9.78. The molecule has 0 spiro atoms. The Labute approximate surface area is 213 Å². The second kappa shape index (κ2) is 12.9. The molecule has 2 saturated carbocycles. The number of carbonyl (C=O) groups is 1. The van der Waals surface area contributed by atoms with E-state index in [0.717, 1.165) is 41.4 Å². The number of benzene rings is 1. The Hall–Kier alpha value is -1.88. The SMILES string of the molecule is CCC.CCCCC1CCCC(C(=O)Nc2cc3cn(C4CCCCC4)nc3cc2C(C)(C)O)C1.